The van der Waals surface area contributed by atoms with Gasteiger partial charge in [-0.25, -0.2) is 4.39 Å². The highest BCUT2D eigenvalue weighted by Gasteiger charge is 2.31. The average molecular weight is 249 g/mol. The fourth-order valence-corrected chi connectivity index (χ4v) is 3.35. The summed E-state index contributed by atoms with van der Waals surface area (Å²) in [5.41, 5.74) is 0.901. The lowest BCUT2D eigenvalue weighted by molar-refractivity contribution is 0.224. The monoisotopic (exact) mass is 249 g/mol. The number of hydrogen-bond acceptors (Lipinski definition) is 1. The second-order valence-corrected chi connectivity index (χ2v) is 5.55. The number of rotatable bonds is 4. The molecular formula is C16H24FN. The normalized spacial score (nSPS) is 25.9. The molecule has 100 valence electrons. The van der Waals surface area contributed by atoms with Crippen LogP contribution in [0.25, 0.3) is 0 Å². The molecule has 1 aliphatic heterocycles. The van der Waals surface area contributed by atoms with E-state index in [-0.39, 0.29) is 5.82 Å². The smallest absolute Gasteiger partial charge is 0.126 e. The van der Waals surface area contributed by atoms with Crippen molar-refractivity contribution < 1.29 is 4.39 Å². The molecule has 0 aliphatic carbocycles. The number of hydrogen-bond donors (Lipinski definition) is 1. The van der Waals surface area contributed by atoms with Gasteiger partial charge in [-0.05, 0) is 36.4 Å². The maximum absolute atomic E-state index is 14.0. The highest BCUT2D eigenvalue weighted by Crippen LogP contribution is 2.37. The van der Waals surface area contributed by atoms with Crippen LogP contribution in [0.1, 0.15) is 44.6 Å². The minimum atomic E-state index is -0.0418. The fourth-order valence-electron chi connectivity index (χ4n) is 3.35. The van der Waals surface area contributed by atoms with Crippen molar-refractivity contribution in [2.75, 3.05) is 13.1 Å². The van der Waals surface area contributed by atoms with Crippen molar-refractivity contribution in [3.05, 3.63) is 35.6 Å². The molecule has 1 fully saturated rings. The summed E-state index contributed by atoms with van der Waals surface area (Å²) >= 11 is 0. The summed E-state index contributed by atoms with van der Waals surface area (Å²) in [5, 5.41) is 3.42. The standard InChI is InChI=1S/C16H24FN/c1-3-6-12(2)13-9-10-18-11-15(13)14-7-4-5-8-16(14)17/h4-5,7-8,12-13,15,18H,3,6,9-11H2,1-2H3. The van der Waals surface area contributed by atoms with Crippen molar-refractivity contribution in [3.8, 4) is 0 Å². The van der Waals surface area contributed by atoms with Gasteiger partial charge >= 0.3 is 0 Å². The summed E-state index contributed by atoms with van der Waals surface area (Å²) in [7, 11) is 0. The summed E-state index contributed by atoms with van der Waals surface area (Å²) in [6, 6.07) is 7.28. The van der Waals surface area contributed by atoms with Gasteiger partial charge in [0.15, 0.2) is 0 Å². The molecule has 3 unspecified atom stereocenters. The second kappa shape index (κ2) is 6.33. The molecule has 0 amide bonds. The first-order chi connectivity index (χ1) is 8.74. The van der Waals surface area contributed by atoms with Crippen LogP contribution in [0.3, 0.4) is 0 Å². The molecule has 2 rings (SSSR count). The van der Waals surface area contributed by atoms with E-state index in [0.717, 1.165) is 18.7 Å². The van der Waals surface area contributed by atoms with Crippen LogP contribution in [-0.4, -0.2) is 13.1 Å². The molecule has 0 radical (unpaired) electrons. The molecule has 1 aromatic carbocycles. The van der Waals surface area contributed by atoms with Gasteiger partial charge in [0, 0.05) is 12.5 Å². The SMILES string of the molecule is CCCC(C)C1CCNCC1c1ccccc1F. The third-order valence-electron chi connectivity index (χ3n) is 4.32. The summed E-state index contributed by atoms with van der Waals surface area (Å²) < 4.78 is 14.0. The van der Waals surface area contributed by atoms with Gasteiger partial charge in [-0.3, -0.25) is 0 Å². The quantitative estimate of drug-likeness (QED) is 0.852. The molecule has 0 bridgehead atoms. The summed E-state index contributed by atoms with van der Waals surface area (Å²) in [6.07, 6.45) is 3.63. The first-order valence-corrected chi connectivity index (χ1v) is 7.19. The van der Waals surface area contributed by atoms with Gasteiger partial charge in [-0.1, -0.05) is 44.9 Å². The van der Waals surface area contributed by atoms with E-state index < -0.39 is 0 Å². The Morgan fingerprint density at radius 2 is 2.17 bits per heavy atom. The number of nitrogens with one attached hydrogen (secondary N) is 1. The third kappa shape index (κ3) is 2.92. The van der Waals surface area contributed by atoms with Crippen molar-refractivity contribution in [2.45, 2.75) is 39.0 Å². The largest absolute Gasteiger partial charge is 0.316 e. The van der Waals surface area contributed by atoms with E-state index >= 15 is 0 Å². The first kappa shape index (κ1) is 13.5. The summed E-state index contributed by atoms with van der Waals surface area (Å²) in [6.45, 7) is 6.55. The van der Waals surface area contributed by atoms with Crippen molar-refractivity contribution in [1.29, 1.82) is 0 Å². The fraction of sp³-hybridized carbons (Fsp3) is 0.625. The van der Waals surface area contributed by atoms with Gasteiger partial charge in [-0.15, -0.1) is 0 Å². The van der Waals surface area contributed by atoms with Crippen LogP contribution in [-0.2, 0) is 0 Å². The molecule has 1 N–H and O–H groups in total. The van der Waals surface area contributed by atoms with Crippen LogP contribution in [0, 0.1) is 17.7 Å². The van der Waals surface area contributed by atoms with E-state index in [2.05, 4.69) is 19.2 Å². The maximum Gasteiger partial charge on any atom is 0.126 e. The highest BCUT2D eigenvalue weighted by atomic mass is 19.1. The maximum atomic E-state index is 14.0. The summed E-state index contributed by atoms with van der Waals surface area (Å²) in [4.78, 5) is 0. The molecule has 0 aromatic heterocycles. The van der Waals surface area contributed by atoms with Crippen molar-refractivity contribution >= 4 is 0 Å². The zero-order valence-electron chi connectivity index (χ0n) is 11.5. The van der Waals surface area contributed by atoms with Crippen LogP contribution < -0.4 is 5.32 Å². The van der Waals surface area contributed by atoms with E-state index in [0.29, 0.717) is 17.8 Å². The minimum absolute atomic E-state index is 0.0418. The molecule has 2 heteroatoms. The predicted molar refractivity (Wildman–Crippen MR) is 74.2 cm³/mol. The van der Waals surface area contributed by atoms with E-state index in [9.17, 15) is 4.39 Å². The lowest BCUT2D eigenvalue weighted by atomic mass is 9.73. The van der Waals surface area contributed by atoms with E-state index in [1.165, 1.54) is 19.3 Å². The molecule has 1 heterocycles. The van der Waals surface area contributed by atoms with Crippen LogP contribution in [0.4, 0.5) is 4.39 Å². The minimum Gasteiger partial charge on any atom is -0.316 e. The Hall–Kier alpha value is -0.890. The predicted octanol–water partition coefficient (Wildman–Crippen LogP) is 3.96. The summed E-state index contributed by atoms with van der Waals surface area (Å²) in [5.74, 6) is 1.59. The van der Waals surface area contributed by atoms with Gasteiger partial charge in [0.05, 0.1) is 0 Å². The lowest BCUT2D eigenvalue weighted by Crippen LogP contribution is -2.38. The molecule has 1 nitrogen and oxygen atoms in total. The third-order valence-corrected chi connectivity index (χ3v) is 4.32. The zero-order chi connectivity index (χ0) is 13.0. The van der Waals surface area contributed by atoms with Crippen molar-refractivity contribution in [2.24, 2.45) is 11.8 Å². The molecular weight excluding hydrogens is 225 g/mol. The molecule has 3 atom stereocenters. The number of benzene rings is 1. The van der Waals surface area contributed by atoms with Crippen molar-refractivity contribution in [3.63, 3.8) is 0 Å². The van der Waals surface area contributed by atoms with Crippen LogP contribution in [0.5, 0.6) is 0 Å². The zero-order valence-corrected chi connectivity index (χ0v) is 11.5. The topological polar surface area (TPSA) is 12.0 Å². The number of piperidine rings is 1. The van der Waals surface area contributed by atoms with Gasteiger partial charge in [0.1, 0.15) is 5.82 Å². The van der Waals surface area contributed by atoms with Crippen LogP contribution >= 0.6 is 0 Å². The van der Waals surface area contributed by atoms with E-state index in [1.54, 1.807) is 12.1 Å². The van der Waals surface area contributed by atoms with Gasteiger partial charge < -0.3 is 5.32 Å². The van der Waals surface area contributed by atoms with Crippen LogP contribution in [0.2, 0.25) is 0 Å². The second-order valence-electron chi connectivity index (χ2n) is 5.55. The van der Waals surface area contributed by atoms with E-state index in [4.69, 9.17) is 0 Å². The Morgan fingerprint density at radius 3 is 2.89 bits per heavy atom. The Balaban J connectivity index is 2.20. The Morgan fingerprint density at radius 1 is 1.39 bits per heavy atom. The highest BCUT2D eigenvalue weighted by molar-refractivity contribution is 5.23. The van der Waals surface area contributed by atoms with Gasteiger partial charge in [0.25, 0.3) is 0 Å². The average Bonchev–Trinajstić information content (AvgIpc) is 2.40. The molecule has 18 heavy (non-hydrogen) atoms. The van der Waals surface area contributed by atoms with Crippen LogP contribution in [0.15, 0.2) is 24.3 Å². The first-order valence-electron chi connectivity index (χ1n) is 7.19. The van der Waals surface area contributed by atoms with Gasteiger partial charge in [-0.2, -0.15) is 0 Å². The molecule has 1 aliphatic rings. The molecule has 1 aromatic rings. The van der Waals surface area contributed by atoms with Crippen molar-refractivity contribution in [1.82, 2.24) is 5.32 Å². The molecule has 1 saturated heterocycles. The number of halogens is 1. The lowest BCUT2D eigenvalue weighted by Gasteiger charge is -2.36. The van der Waals surface area contributed by atoms with E-state index in [1.807, 2.05) is 12.1 Å². The van der Waals surface area contributed by atoms with Gasteiger partial charge in [0.2, 0.25) is 0 Å². The molecule has 0 saturated carbocycles. The Bertz CT molecular complexity index is 377. The molecule has 0 spiro atoms. The Kier molecular flexibility index (Phi) is 4.76. The Labute approximate surface area is 110 Å².